The Morgan fingerprint density at radius 3 is 1.93 bits per heavy atom. The maximum Gasteiger partial charge on any atom is 0.316 e. The standard InChI is InChI=1S/C24H30O6/c1-6-24(3,29-22(25)16-9-18-7-12-20(27-4)13-8-18)30-23(26)17(2)19-10-14-21(28-5)15-11-19/h7-8,10-15,17H,6,9,16H2,1-5H3. The summed E-state index contributed by atoms with van der Waals surface area (Å²) < 4.78 is 21.4. The number of rotatable bonds is 10. The predicted octanol–water partition coefficient (Wildman–Crippen LogP) is 4.65. The Morgan fingerprint density at radius 2 is 1.43 bits per heavy atom. The zero-order valence-electron chi connectivity index (χ0n) is 18.3. The lowest BCUT2D eigenvalue weighted by atomic mass is 10.0. The Bertz CT molecular complexity index is 828. The zero-order chi connectivity index (χ0) is 22.1. The quantitative estimate of drug-likeness (QED) is 0.416. The lowest BCUT2D eigenvalue weighted by molar-refractivity contribution is -0.224. The molecule has 0 aliphatic rings. The van der Waals surface area contributed by atoms with Gasteiger partial charge in [0.2, 0.25) is 0 Å². The van der Waals surface area contributed by atoms with Gasteiger partial charge in [0.15, 0.2) is 0 Å². The van der Waals surface area contributed by atoms with E-state index in [1.165, 1.54) is 0 Å². The molecule has 162 valence electrons. The second-order valence-electron chi connectivity index (χ2n) is 7.23. The van der Waals surface area contributed by atoms with Crippen molar-refractivity contribution in [3.8, 4) is 11.5 Å². The summed E-state index contributed by atoms with van der Waals surface area (Å²) in [4.78, 5) is 25.0. The van der Waals surface area contributed by atoms with Crippen LogP contribution < -0.4 is 9.47 Å². The summed E-state index contributed by atoms with van der Waals surface area (Å²) in [6, 6.07) is 14.7. The average Bonchev–Trinajstić information content (AvgIpc) is 2.77. The molecular formula is C24H30O6. The highest BCUT2D eigenvalue weighted by Gasteiger charge is 2.33. The maximum absolute atomic E-state index is 12.6. The van der Waals surface area contributed by atoms with Crippen molar-refractivity contribution < 1.29 is 28.5 Å². The molecule has 2 unspecified atom stereocenters. The SMILES string of the molecule is CCC(C)(OC(=O)CCc1ccc(OC)cc1)OC(=O)C(C)c1ccc(OC)cc1. The van der Waals surface area contributed by atoms with E-state index >= 15 is 0 Å². The van der Waals surface area contributed by atoms with E-state index in [1.807, 2.05) is 43.3 Å². The molecule has 2 aromatic rings. The summed E-state index contributed by atoms with van der Waals surface area (Å²) in [7, 11) is 3.19. The third-order valence-electron chi connectivity index (χ3n) is 5.03. The van der Waals surface area contributed by atoms with E-state index in [0.717, 1.165) is 16.9 Å². The van der Waals surface area contributed by atoms with Gasteiger partial charge in [0.1, 0.15) is 11.5 Å². The van der Waals surface area contributed by atoms with E-state index < -0.39 is 23.6 Å². The fraction of sp³-hybridized carbons (Fsp3) is 0.417. The van der Waals surface area contributed by atoms with Gasteiger partial charge in [-0.3, -0.25) is 9.59 Å². The first-order chi connectivity index (χ1) is 14.3. The molecule has 0 spiro atoms. The van der Waals surface area contributed by atoms with Crippen LogP contribution in [0.5, 0.6) is 11.5 Å². The Hall–Kier alpha value is -3.02. The van der Waals surface area contributed by atoms with Gasteiger partial charge >= 0.3 is 11.9 Å². The number of methoxy groups -OCH3 is 2. The number of benzene rings is 2. The average molecular weight is 414 g/mol. The molecule has 2 atom stereocenters. The van der Waals surface area contributed by atoms with Gasteiger partial charge in [-0.15, -0.1) is 0 Å². The maximum atomic E-state index is 12.6. The van der Waals surface area contributed by atoms with E-state index in [-0.39, 0.29) is 6.42 Å². The first-order valence-corrected chi connectivity index (χ1v) is 10.0. The second kappa shape index (κ2) is 10.7. The van der Waals surface area contributed by atoms with E-state index in [4.69, 9.17) is 18.9 Å². The molecule has 0 bridgehead atoms. The Kier molecular flexibility index (Phi) is 8.27. The highest BCUT2D eigenvalue weighted by molar-refractivity contribution is 5.78. The third kappa shape index (κ3) is 6.51. The van der Waals surface area contributed by atoms with Crippen LogP contribution in [0.25, 0.3) is 0 Å². The molecule has 2 aromatic carbocycles. The summed E-state index contributed by atoms with van der Waals surface area (Å²) in [6.45, 7) is 5.17. The number of aryl methyl sites for hydroxylation is 1. The number of hydrogen-bond donors (Lipinski definition) is 0. The number of carbonyl (C=O) groups is 2. The molecular weight excluding hydrogens is 384 g/mol. The Morgan fingerprint density at radius 1 is 0.900 bits per heavy atom. The molecule has 30 heavy (non-hydrogen) atoms. The predicted molar refractivity (Wildman–Crippen MR) is 114 cm³/mol. The Balaban J connectivity index is 1.92. The third-order valence-corrected chi connectivity index (χ3v) is 5.03. The van der Waals surface area contributed by atoms with E-state index in [0.29, 0.717) is 18.6 Å². The van der Waals surface area contributed by atoms with Crippen LogP contribution in [0.15, 0.2) is 48.5 Å². The van der Waals surface area contributed by atoms with Crippen LogP contribution in [0.3, 0.4) is 0 Å². The lowest BCUT2D eigenvalue weighted by Gasteiger charge is -2.29. The van der Waals surface area contributed by atoms with Crippen LogP contribution in [-0.2, 0) is 25.5 Å². The summed E-state index contributed by atoms with van der Waals surface area (Å²) >= 11 is 0. The van der Waals surface area contributed by atoms with Crippen molar-refractivity contribution in [3.63, 3.8) is 0 Å². The van der Waals surface area contributed by atoms with E-state index in [9.17, 15) is 9.59 Å². The fourth-order valence-corrected chi connectivity index (χ4v) is 2.83. The van der Waals surface area contributed by atoms with Gasteiger partial charge in [-0.25, -0.2) is 0 Å². The van der Waals surface area contributed by atoms with Gasteiger partial charge in [0, 0.05) is 19.8 Å². The molecule has 0 N–H and O–H groups in total. The molecule has 0 radical (unpaired) electrons. The Labute approximate surface area is 178 Å². The minimum Gasteiger partial charge on any atom is -0.497 e. The van der Waals surface area contributed by atoms with Crippen LogP contribution in [0.2, 0.25) is 0 Å². The van der Waals surface area contributed by atoms with Crippen molar-refractivity contribution in [2.45, 2.75) is 51.7 Å². The number of esters is 2. The summed E-state index contributed by atoms with van der Waals surface area (Å²) in [6.07, 6.45) is 1.06. The second-order valence-corrected chi connectivity index (χ2v) is 7.23. The first-order valence-electron chi connectivity index (χ1n) is 10.0. The molecule has 0 aromatic heterocycles. The molecule has 0 saturated heterocycles. The van der Waals surface area contributed by atoms with Crippen molar-refractivity contribution in [1.82, 2.24) is 0 Å². The lowest BCUT2D eigenvalue weighted by Crippen LogP contribution is -2.37. The van der Waals surface area contributed by atoms with Gasteiger partial charge in [0.25, 0.3) is 5.79 Å². The zero-order valence-corrected chi connectivity index (χ0v) is 18.3. The van der Waals surface area contributed by atoms with Crippen LogP contribution in [0, 0.1) is 0 Å². The molecule has 2 rings (SSSR count). The van der Waals surface area contributed by atoms with E-state index in [1.54, 1.807) is 40.2 Å². The molecule has 0 aliphatic carbocycles. The smallest absolute Gasteiger partial charge is 0.316 e. The molecule has 0 fully saturated rings. The molecule has 0 aliphatic heterocycles. The van der Waals surface area contributed by atoms with Gasteiger partial charge in [-0.2, -0.15) is 0 Å². The van der Waals surface area contributed by atoms with Crippen LogP contribution in [0.4, 0.5) is 0 Å². The first kappa shape index (κ1) is 23.3. The molecule has 6 nitrogen and oxygen atoms in total. The van der Waals surface area contributed by atoms with Gasteiger partial charge in [-0.05, 0) is 48.7 Å². The number of hydrogen-bond acceptors (Lipinski definition) is 6. The fourth-order valence-electron chi connectivity index (χ4n) is 2.83. The van der Waals surface area contributed by atoms with Crippen molar-refractivity contribution in [3.05, 3.63) is 59.7 Å². The molecule has 0 heterocycles. The van der Waals surface area contributed by atoms with Crippen molar-refractivity contribution in [1.29, 1.82) is 0 Å². The largest absolute Gasteiger partial charge is 0.497 e. The minimum atomic E-state index is -1.31. The van der Waals surface area contributed by atoms with Gasteiger partial charge in [0.05, 0.1) is 20.1 Å². The van der Waals surface area contributed by atoms with Gasteiger partial charge < -0.3 is 18.9 Å². The molecule has 6 heteroatoms. The van der Waals surface area contributed by atoms with Crippen molar-refractivity contribution in [2.24, 2.45) is 0 Å². The topological polar surface area (TPSA) is 71.1 Å². The molecule has 0 amide bonds. The molecule has 0 saturated carbocycles. The highest BCUT2D eigenvalue weighted by Crippen LogP contribution is 2.25. The van der Waals surface area contributed by atoms with Crippen molar-refractivity contribution in [2.75, 3.05) is 14.2 Å². The highest BCUT2D eigenvalue weighted by atomic mass is 16.7. The monoisotopic (exact) mass is 414 g/mol. The number of ether oxygens (including phenoxy) is 4. The number of carbonyl (C=O) groups excluding carboxylic acids is 2. The summed E-state index contributed by atoms with van der Waals surface area (Å²) in [5.41, 5.74) is 1.79. The van der Waals surface area contributed by atoms with Crippen LogP contribution in [0.1, 0.15) is 50.7 Å². The summed E-state index contributed by atoms with van der Waals surface area (Å²) in [5, 5.41) is 0. The van der Waals surface area contributed by atoms with Gasteiger partial charge in [-0.1, -0.05) is 31.2 Å². The summed E-state index contributed by atoms with van der Waals surface area (Å²) in [5.74, 6) is -1.21. The van der Waals surface area contributed by atoms with Crippen LogP contribution in [-0.4, -0.2) is 31.9 Å². The van der Waals surface area contributed by atoms with E-state index in [2.05, 4.69) is 0 Å². The van der Waals surface area contributed by atoms with Crippen LogP contribution >= 0.6 is 0 Å². The minimum absolute atomic E-state index is 0.188. The van der Waals surface area contributed by atoms with Crippen molar-refractivity contribution >= 4 is 11.9 Å². The normalized spacial score (nSPS) is 13.6.